The predicted molar refractivity (Wildman–Crippen MR) is 105 cm³/mol. The van der Waals surface area contributed by atoms with Crippen molar-refractivity contribution in [2.75, 3.05) is 5.73 Å². The lowest BCUT2D eigenvalue weighted by Gasteiger charge is -2.16. The Morgan fingerprint density at radius 3 is 2.50 bits per heavy atom. The Kier molecular flexibility index (Phi) is 3.84. The third-order valence-corrected chi connectivity index (χ3v) is 4.78. The van der Waals surface area contributed by atoms with Gasteiger partial charge in [-0.25, -0.2) is 4.98 Å². The van der Waals surface area contributed by atoms with Gasteiger partial charge in [0, 0.05) is 29.8 Å². The Balaban J connectivity index is 1.93. The van der Waals surface area contributed by atoms with E-state index in [1.54, 1.807) is 12.1 Å². The Hall–Kier alpha value is -3.34. The van der Waals surface area contributed by atoms with Crippen LogP contribution in [0, 0.1) is 0 Å². The van der Waals surface area contributed by atoms with Crippen LogP contribution < -0.4 is 5.73 Å². The fourth-order valence-corrected chi connectivity index (χ4v) is 3.46. The first-order valence-electron chi connectivity index (χ1n) is 8.57. The zero-order valence-electron chi connectivity index (χ0n) is 14.8. The van der Waals surface area contributed by atoms with Crippen LogP contribution in [0.4, 0.5) is 5.82 Å². The molecule has 2 heterocycles. The van der Waals surface area contributed by atoms with Gasteiger partial charge >= 0.3 is 0 Å². The van der Waals surface area contributed by atoms with E-state index in [4.69, 9.17) is 5.73 Å². The maximum atomic E-state index is 9.58. The van der Waals surface area contributed by atoms with E-state index in [1.165, 1.54) is 0 Å². The van der Waals surface area contributed by atoms with E-state index in [2.05, 4.69) is 35.2 Å². The van der Waals surface area contributed by atoms with Gasteiger partial charge in [-0.2, -0.15) is 5.10 Å². The highest BCUT2D eigenvalue weighted by Crippen LogP contribution is 2.37. The molecule has 0 aliphatic heterocycles. The van der Waals surface area contributed by atoms with E-state index in [0.29, 0.717) is 5.82 Å². The van der Waals surface area contributed by atoms with Crippen LogP contribution in [-0.2, 0) is 13.5 Å². The molecule has 4 aromatic rings. The number of pyridine rings is 1. The highest BCUT2D eigenvalue weighted by molar-refractivity contribution is 5.89. The number of nitrogens with zero attached hydrogens (tertiary/aromatic N) is 3. The average molecular weight is 344 g/mol. The summed E-state index contributed by atoms with van der Waals surface area (Å²) in [6, 6.07) is 13.4. The molecule has 4 rings (SSSR count). The molecule has 0 atom stereocenters. The number of anilines is 1. The van der Waals surface area contributed by atoms with Gasteiger partial charge in [-0.3, -0.25) is 4.68 Å². The molecule has 0 saturated carbocycles. The van der Waals surface area contributed by atoms with Crippen molar-refractivity contribution in [1.29, 1.82) is 0 Å². The number of phenols is 1. The summed E-state index contributed by atoms with van der Waals surface area (Å²) in [5.41, 5.74) is 12.5. The molecule has 3 N–H and O–H groups in total. The van der Waals surface area contributed by atoms with Crippen molar-refractivity contribution in [1.82, 2.24) is 14.8 Å². The molecular formula is C21H20N4O. The second kappa shape index (κ2) is 6.19. The lowest BCUT2D eigenvalue weighted by molar-refractivity contribution is 0.475. The van der Waals surface area contributed by atoms with Crippen molar-refractivity contribution >= 4 is 16.7 Å². The fourth-order valence-electron chi connectivity index (χ4n) is 3.46. The largest absolute Gasteiger partial charge is 0.508 e. The smallest absolute Gasteiger partial charge is 0.131 e. The van der Waals surface area contributed by atoms with Gasteiger partial charge in [-0.05, 0) is 47.4 Å². The average Bonchev–Trinajstić information content (AvgIpc) is 3.02. The molecule has 0 aliphatic rings. The summed E-state index contributed by atoms with van der Waals surface area (Å²) in [6.45, 7) is 2.12. The maximum absolute atomic E-state index is 9.58. The van der Waals surface area contributed by atoms with Crippen molar-refractivity contribution in [2.45, 2.75) is 13.3 Å². The molecule has 2 aromatic heterocycles. The van der Waals surface area contributed by atoms with Gasteiger partial charge in [0.15, 0.2) is 0 Å². The lowest BCUT2D eigenvalue weighted by Crippen LogP contribution is -2.01. The highest BCUT2D eigenvalue weighted by Gasteiger charge is 2.16. The fraction of sp³-hybridized carbons (Fsp3) is 0.143. The van der Waals surface area contributed by atoms with E-state index in [0.717, 1.165) is 45.1 Å². The molecule has 0 radical (unpaired) electrons. The van der Waals surface area contributed by atoms with E-state index in [1.807, 2.05) is 36.3 Å². The number of nitrogens with two attached hydrogens (primary N) is 1. The van der Waals surface area contributed by atoms with Crippen LogP contribution in [0.3, 0.4) is 0 Å². The standard InChI is InChI=1S/C21H20N4O/c1-3-17-18(14-6-9-19-15(10-14)11-24-25(19)2)12-23-21(22)20(17)13-4-7-16(26)8-5-13/h4-12,26H,3H2,1-2H3,(H2,22,23). The lowest BCUT2D eigenvalue weighted by atomic mass is 9.91. The van der Waals surface area contributed by atoms with E-state index in [-0.39, 0.29) is 5.75 Å². The first-order valence-corrected chi connectivity index (χ1v) is 8.57. The van der Waals surface area contributed by atoms with E-state index in [9.17, 15) is 5.11 Å². The summed E-state index contributed by atoms with van der Waals surface area (Å²) >= 11 is 0. The zero-order valence-corrected chi connectivity index (χ0v) is 14.8. The van der Waals surface area contributed by atoms with Gasteiger partial charge in [0.05, 0.1) is 11.7 Å². The van der Waals surface area contributed by atoms with Crippen LogP contribution in [0.1, 0.15) is 12.5 Å². The summed E-state index contributed by atoms with van der Waals surface area (Å²) < 4.78 is 1.86. The summed E-state index contributed by atoms with van der Waals surface area (Å²) in [5.74, 6) is 0.732. The number of hydrogen-bond donors (Lipinski definition) is 2. The molecule has 0 spiro atoms. The van der Waals surface area contributed by atoms with Gasteiger partial charge < -0.3 is 10.8 Å². The Labute approximate surface area is 151 Å². The SMILES string of the molecule is CCc1c(-c2ccc3c(cnn3C)c2)cnc(N)c1-c1ccc(O)cc1. The van der Waals surface area contributed by atoms with E-state index < -0.39 is 0 Å². The Morgan fingerprint density at radius 2 is 1.77 bits per heavy atom. The molecular weight excluding hydrogens is 324 g/mol. The summed E-state index contributed by atoms with van der Waals surface area (Å²) in [7, 11) is 1.94. The van der Waals surface area contributed by atoms with Gasteiger partial charge in [-0.15, -0.1) is 0 Å². The second-order valence-corrected chi connectivity index (χ2v) is 6.35. The molecule has 5 nitrogen and oxygen atoms in total. The first kappa shape index (κ1) is 16.1. The number of phenolic OH excluding ortho intramolecular Hbond substituents is 1. The number of fused-ring (bicyclic) bond motifs is 1. The Morgan fingerprint density at radius 1 is 1.04 bits per heavy atom. The normalized spacial score (nSPS) is 11.2. The number of aromatic nitrogens is 3. The van der Waals surface area contributed by atoms with Crippen molar-refractivity contribution < 1.29 is 5.11 Å². The van der Waals surface area contributed by atoms with Crippen LogP contribution in [0.5, 0.6) is 5.75 Å². The number of rotatable bonds is 3. The van der Waals surface area contributed by atoms with Crippen LogP contribution >= 0.6 is 0 Å². The van der Waals surface area contributed by atoms with Gasteiger partial charge in [0.1, 0.15) is 11.6 Å². The molecule has 0 fully saturated rings. The summed E-state index contributed by atoms with van der Waals surface area (Å²) in [5, 5.41) is 15.0. The molecule has 5 heteroatoms. The summed E-state index contributed by atoms with van der Waals surface area (Å²) in [6.07, 6.45) is 4.54. The number of aromatic hydroxyl groups is 1. The second-order valence-electron chi connectivity index (χ2n) is 6.35. The quantitative estimate of drug-likeness (QED) is 0.585. The minimum Gasteiger partial charge on any atom is -0.508 e. The minimum atomic E-state index is 0.233. The van der Waals surface area contributed by atoms with Crippen LogP contribution in [0.25, 0.3) is 33.2 Å². The van der Waals surface area contributed by atoms with Crippen LogP contribution in [0.2, 0.25) is 0 Å². The molecule has 0 amide bonds. The topological polar surface area (TPSA) is 77.0 Å². The molecule has 0 saturated heterocycles. The number of aryl methyl sites for hydroxylation is 1. The number of benzene rings is 2. The van der Waals surface area contributed by atoms with Crippen LogP contribution in [-0.4, -0.2) is 19.9 Å². The molecule has 0 bridgehead atoms. The van der Waals surface area contributed by atoms with Gasteiger partial charge in [0.25, 0.3) is 0 Å². The third kappa shape index (κ3) is 2.58. The van der Waals surface area contributed by atoms with Gasteiger partial charge in [-0.1, -0.05) is 25.1 Å². The van der Waals surface area contributed by atoms with Crippen molar-refractivity contribution in [2.24, 2.45) is 7.05 Å². The predicted octanol–water partition coefficient (Wildman–Crippen LogP) is 4.15. The summed E-state index contributed by atoms with van der Waals surface area (Å²) in [4.78, 5) is 4.44. The van der Waals surface area contributed by atoms with Crippen molar-refractivity contribution in [3.05, 3.63) is 60.4 Å². The molecule has 2 aromatic carbocycles. The third-order valence-electron chi connectivity index (χ3n) is 4.78. The molecule has 26 heavy (non-hydrogen) atoms. The molecule has 0 unspecified atom stereocenters. The van der Waals surface area contributed by atoms with Crippen molar-refractivity contribution in [3.8, 4) is 28.0 Å². The van der Waals surface area contributed by atoms with Gasteiger partial charge in [0.2, 0.25) is 0 Å². The molecule has 130 valence electrons. The first-order chi connectivity index (χ1) is 12.6. The highest BCUT2D eigenvalue weighted by atomic mass is 16.3. The minimum absolute atomic E-state index is 0.233. The van der Waals surface area contributed by atoms with Crippen LogP contribution in [0.15, 0.2) is 54.9 Å². The maximum Gasteiger partial charge on any atom is 0.131 e. The Bertz CT molecular complexity index is 1100. The monoisotopic (exact) mass is 344 g/mol. The zero-order chi connectivity index (χ0) is 18.3. The molecule has 0 aliphatic carbocycles. The van der Waals surface area contributed by atoms with E-state index >= 15 is 0 Å². The number of hydrogen-bond acceptors (Lipinski definition) is 4. The number of nitrogen functional groups attached to an aromatic ring is 1. The van der Waals surface area contributed by atoms with Crippen molar-refractivity contribution in [3.63, 3.8) is 0 Å².